The molecule has 0 radical (unpaired) electrons. The van der Waals surface area contributed by atoms with Crippen LogP contribution < -0.4 is 0 Å². The molecule has 3 rings (SSSR count). The van der Waals surface area contributed by atoms with Crippen LogP contribution in [0.25, 0.3) is 0 Å². The van der Waals surface area contributed by atoms with Gasteiger partial charge in [-0.2, -0.15) is 13.2 Å². The highest BCUT2D eigenvalue weighted by Crippen LogP contribution is 2.29. The van der Waals surface area contributed by atoms with Crippen LogP contribution in [0.5, 0.6) is 0 Å². The molecule has 3 nitrogen and oxygen atoms in total. The van der Waals surface area contributed by atoms with Gasteiger partial charge in [0, 0.05) is 45.5 Å². The second-order valence-corrected chi connectivity index (χ2v) is 6.26. The first-order chi connectivity index (χ1) is 11.9. The summed E-state index contributed by atoms with van der Waals surface area (Å²) >= 11 is 0. The van der Waals surface area contributed by atoms with Crippen molar-refractivity contribution in [1.82, 2.24) is 14.8 Å². The molecule has 0 atom stereocenters. The zero-order valence-corrected chi connectivity index (χ0v) is 13.6. The van der Waals surface area contributed by atoms with Gasteiger partial charge >= 0.3 is 6.18 Å². The average Bonchev–Trinajstić information content (AvgIpc) is 2.56. The normalized spacial score (nSPS) is 17.0. The van der Waals surface area contributed by atoms with Gasteiger partial charge in [0.1, 0.15) is 5.82 Å². The highest BCUT2D eigenvalue weighted by molar-refractivity contribution is 5.25. The predicted octanol–water partition coefficient (Wildman–Crippen LogP) is 3.56. The molecule has 25 heavy (non-hydrogen) atoms. The van der Waals surface area contributed by atoms with Gasteiger partial charge in [0.25, 0.3) is 0 Å². The van der Waals surface area contributed by atoms with Gasteiger partial charge in [0.15, 0.2) is 0 Å². The van der Waals surface area contributed by atoms with Gasteiger partial charge < -0.3 is 0 Å². The molecule has 0 saturated carbocycles. The van der Waals surface area contributed by atoms with E-state index >= 15 is 0 Å². The molecule has 1 saturated heterocycles. The highest BCUT2D eigenvalue weighted by Gasteiger charge is 2.30. The first kappa shape index (κ1) is 17.8. The van der Waals surface area contributed by atoms with Gasteiger partial charge in [-0.05, 0) is 23.3 Å². The van der Waals surface area contributed by atoms with Gasteiger partial charge in [-0.3, -0.25) is 14.8 Å². The minimum Gasteiger partial charge on any atom is -0.297 e. The van der Waals surface area contributed by atoms with Gasteiger partial charge in [-0.1, -0.05) is 18.2 Å². The summed E-state index contributed by atoms with van der Waals surface area (Å²) in [5, 5.41) is 0. The van der Waals surface area contributed by atoms with Crippen molar-refractivity contribution in [1.29, 1.82) is 0 Å². The van der Waals surface area contributed by atoms with Crippen LogP contribution >= 0.6 is 0 Å². The Morgan fingerprint density at radius 2 is 1.52 bits per heavy atom. The van der Waals surface area contributed by atoms with E-state index in [4.69, 9.17) is 0 Å². The summed E-state index contributed by atoms with van der Waals surface area (Å²) in [5.41, 5.74) is 0.881. The van der Waals surface area contributed by atoms with E-state index in [9.17, 15) is 17.6 Å². The quantitative estimate of drug-likeness (QED) is 0.784. The molecule has 0 amide bonds. The standard InChI is InChI=1S/C18H19F4N3/c19-17-9-15(10-23-11-17)13-25-6-4-24(5-7-25)12-14-2-1-3-16(8-14)18(20,21)22/h1-3,8-11H,4-7,12-13H2. The molecule has 7 heteroatoms. The number of rotatable bonds is 4. The number of pyridine rings is 1. The predicted molar refractivity (Wildman–Crippen MR) is 86.2 cm³/mol. The molecule has 0 N–H and O–H groups in total. The van der Waals surface area contributed by atoms with Gasteiger partial charge in [0.05, 0.1) is 11.8 Å². The molecule has 1 aromatic carbocycles. The fourth-order valence-corrected chi connectivity index (χ4v) is 3.01. The van der Waals surface area contributed by atoms with Crippen molar-refractivity contribution in [3.05, 3.63) is 65.2 Å². The van der Waals surface area contributed by atoms with Crippen LogP contribution in [-0.2, 0) is 19.3 Å². The summed E-state index contributed by atoms with van der Waals surface area (Å²) in [6.07, 6.45) is -1.48. The Morgan fingerprint density at radius 3 is 2.12 bits per heavy atom. The number of nitrogens with zero attached hydrogens (tertiary/aromatic N) is 3. The maximum Gasteiger partial charge on any atom is 0.416 e. The second-order valence-electron chi connectivity index (χ2n) is 6.26. The van der Waals surface area contributed by atoms with Crippen molar-refractivity contribution in [3.63, 3.8) is 0 Å². The molecule has 2 aromatic rings. The van der Waals surface area contributed by atoms with Crippen LogP contribution in [0.4, 0.5) is 17.6 Å². The lowest BCUT2D eigenvalue weighted by molar-refractivity contribution is -0.137. The summed E-state index contributed by atoms with van der Waals surface area (Å²) in [7, 11) is 0. The molecule has 0 aliphatic carbocycles. The molecule has 0 unspecified atom stereocenters. The first-order valence-corrected chi connectivity index (χ1v) is 8.10. The van der Waals surface area contributed by atoms with Gasteiger partial charge in [-0.25, -0.2) is 4.39 Å². The molecular weight excluding hydrogens is 334 g/mol. The van der Waals surface area contributed by atoms with E-state index in [0.29, 0.717) is 18.7 Å². The van der Waals surface area contributed by atoms with Crippen LogP contribution in [-0.4, -0.2) is 41.0 Å². The third-order valence-electron chi connectivity index (χ3n) is 4.29. The SMILES string of the molecule is Fc1cncc(CN2CCN(Cc3cccc(C(F)(F)F)c3)CC2)c1. The molecule has 1 aliphatic heterocycles. The van der Waals surface area contributed by atoms with Crippen molar-refractivity contribution < 1.29 is 17.6 Å². The van der Waals surface area contributed by atoms with Gasteiger partial charge in [-0.15, -0.1) is 0 Å². The minimum atomic E-state index is -4.31. The maximum atomic E-state index is 13.2. The Morgan fingerprint density at radius 1 is 0.880 bits per heavy atom. The number of halogens is 4. The Hall–Kier alpha value is -1.99. The summed E-state index contributed by atoms with van der Waals surface area (Å²) in [5.74, 6) is -0.347. The summed E-state index contributed by atoms with van der Waals surface area (Å²) in [6, 6.07) is 6.95. The Labute approximate surface area is 143 Å². The van der Waals surface area contributed by atoms with E-state index in [1.165, 1.54) is 24.4 Å². The molecule has 1 fully saturated rings. The van der Waals surface area contributed by atoms with E-state index in [1.807, 2.05) is 0 Å². The van der Waals surface area contributed by atoms with Crippen LogP contribution in [0.15, 0.2) is 42.7 Å². The fraction of sp³-hybridized carbons (Fsp3) is 0.389. The highest BCUT2D eigenvalue weighted by atomic mass is 19.4. The third-order valence-corrected chi connectivity index (χ3v) is 4.29. The lowest BCUT2D eigenvalue weighted by atomic mass is 10.1. The van der Waals surface area contributed by atoms with Gasteiger partial charge in [0.2, 0.25) is 0 Å². The molecule has 0 bridgehead atoms. The Bertz CT molecular complexity index is 709. The van der Waals surface area contributed by atoms with Crippen molar-refractivity contribution in [2.75, 3.05) is 26.2 Å². The number of aromatic nitrogens is 1. The second kappa shape index (κ2) is 7.49. The molecule has 134 valence electrons. The average molecular weight is 353 g/mol. The smallest absolute Gasteiger partial charge is 0.297 e. The molecule has 2 heterocycles. The lowest BCUT2D eigenvalue weighted by Gasteiger charge is -2.34. The zero-order valence-electron chi connectivity index (χ0n) is 13.6. The number of benzene rings is 1. The molecule has 1 aromatic heterocycles. The number of piperazine rings is 1. The van der Waals surface area contributed by atoms with Crippen molar-refractivity contribution in [2.45, 2.75) is 19.3 Å². The van der Waals surface area contributed by atoms with E-state index in [2.05, 4.69) is 14.8 Å². The number of hydrogen-bond acceptors (Lipinski definition) is 3. The van der Waals surface area contributed by atoms with E-state index in [0.717, 1.165) is 37.8 Å². The minimum absolute atomic E-state index is 0.347. The molecule has 0 spiro atoms. The number of alkyl halides is 3. The van der Waals surface area contributed by atoms with Crippen molar-refractivity contribution in [2.24, 2.45) is 0 Å². The van der Waals surface area contributed by atoms with E-state index in [1.54, 1.807) is 12.3 Å². The maximum absolute atomic E-state index is 13.2. The van der Waals surface area contributed by atoms with Crippen LogP contribution in [0.3, 0.4) is 0 Å². The Balaban J connectivity index is 1.53. The largest absolute Gasteiger partial charge is 0.416 e. The number of hydrogen-bond donors (Lipinski definition) is 0. The fourth-order valence-electron chi connectivity index (χ4n) is 3.01. The summed E-state index contributed by atoms with van der Waals surface area (Å²) < 4.78 is 51.5. The van der Waals surface area contributed by atoms with Crippen LogP contribution in [0.1, 0.15) is 16.7 Å². The Kier molecular flexibility index (Phi) is 5.34. The molecule has 1 aliphatic rings. The lowest BCUT2D eigenvalue weighted by Crippen LogP contribution is -2.45. The van der Waals surface area contributed by atoms with Crippen molar-refractivity contribution in [3.8, 4) is 0 Å². The van der Waals surface area contributed by atoms with Crippen LogP contribution in [0, 0.1) is 5.82 Å². The molecular formula is C18H19F4N3. The topological polar surface area (TPSA) is 19.4 Å². The van der Waals surface area contributed by atoms with Crippen molar-refractivity contribution >= 4 is 0 Å². The summed E-state index contributed by atoms with van der Waals surface area (Å²) in [6.45, 7) is 4.23. The van der Waals surface area contributed by atoms with E-state index < -0.39 is 11.7 Å². The van der Waals surface area contributed by atoms with Crippen LogP contribution in [0.2, 0.25) is 0 Å². The monoisotopic (exact) mass is 353 g/mol. The first-order valence-electron chi connectivity index (χ1n) is 8.10. The third kappa shape index (κ3) is 4.99. The zero-order chi connectivity index (χ0) is 17.9. The van der Waals surface area contributed by atoms with E-state index in [-0.39, 0.29) is 5.82 Å². The summed E-state index contributed by atoms with van der Waals surface area (Å²) in [4.78, 5) is 8.17.